The van der Waals surface area contributed by atoms with E-state index < -0.39 is 5.60 Å². The first kappa shape index (κ1) is 23.5. The Labute approximate surface area is 194 Å². The summed E-state index contributed by atoms with van der Waals surface area (Å²) in [6.45, 7) is 13.4. The van der Waals surface area contributed by atoms with E-state index in [1.807, 2.05) is 0 Å². The molecule has 0 amide bonds. The Hall–Kier alpha value is -1.66. The SMILES string of the molecule is CC(=CCN1C[NH+](C)c2ncnc(N)c21)CCC1C(C)(O)CCC2C(C)(C)CCCC21C. The number of nitrogens with zero attached hydrogens (tertiary/aromatic N) is 3. The zero-order valence-corrected chi connectivity index (χ0v) is 21.0. The number of nitrogen functional groups attached to an aromatic ring is 1. The number of aromatic nitrogens is 2. The second kappa shape index (κ2) is 8.28. The van der Waals surface area contributed by atoms with E-state index in [1.54, 1.807) is 6.33 Å². The van der Waals surface area contributed by atoms with Gasteiger partial charge in [0.1, 0.15) is 6.33 Å². The second-order valence-corrected chi connectivity index (χ2v) is 12.1. The molecule has 2 saturated carbocycles. The van der Waals surface area contributed by atoms with E-state index in [2.05, 4.69) is 62.6 Å². The van der Waals surface area contributed by atoms with Crippen LogP contribution in [-0.2, 0) is 0 Å². The van der Waals surface area contributed by atoms with Crippen molar-refractivity contribution < 1.29 is 10.0 Å². The summed E-state index contributed by atoms with van der Waals surface area (Å²) in [5.41, 5.74) is 8.58. The lowest BCUT2D eigenvalue weighted by atomic mass is 9.45. The van der Waals surface area contributed by atoms with Crippen molar-refractivity contribution in [3.63, 3.8) is 0 Å². The zero-order chi connectivity index (χ0) is 23.3. The topological polar surface area (TPSA) is 79.7 Å². The van der Waals surface area contributed by atoms with Gasteiger partial charge in [0.2, 0.25) is 0 Å². The van der Waals surface area contributed by atoms with Gasteiger partial charge in [-0.1, -0.05) is 38.8 Å². The highest BCUT2D eigenvalue weighted by Gasteiger charge is 2.57. The first-order valence-electron chi connectivity index (χ1n) is 12.5. The molecule has 0 spiro atoms. The highest BCUT2D eigenvalue weighted by molar-refractivity contribution is 5.73. The molecule has 2 fully saturated rings. The minimum Gasteiger partial charge on any atom is -0.390 e. The third-order valence-electron chi connectivity index (χ3n) is 9.25. The summed E-state index contributed by atoms with van der Waals surface area (Å²) in [7, 11) is 2.12. The van der Waals surface area contributed by atoms with Gasteiger partial charge in [-0.2, -0.15) is 4.98 Å². The molecule has 0 aromatic carbocycles. The van der Waals surface area contributed by atoms with Crippen LogP contribution in [0, 0.1) is 22.7 Å². The lowest BCUT2D eigenvalue weighted by Crippen LogP contribution is -3.03. The van der Waals surface area contributed by atoms with Gasteiger partial charge < -0.3 is 15.7 Å². The third-order valence-corrected chi connectivity index (χ3v) is 9.25. The summed E-state index contributed by atoms with van der Waals surface area (Å²) >= 11 is 0. The number of hydrogen-bond donors (Lipinski definition) is 3. The Balaban J connectivity index is 1.45. The molecule has 2 aliphatic carbocycles. The Bertz CT molecular complexity index is 879. The Morgan fingerprint density at radius 2 is 2.00 bits per heavy atom. The van der Waals surface area contributed by atoms with Crippen molar-refractivity contribution >= 4 is 17.3 Å². The van der Waals surface area contributed by atoms with E-state index in [0.717, 1.165) is 50.4 Å². The molecule has 4 N–H and O–H groups in total. The second-order valence-electron chi connectivity index (χ2n) is 12.1. The van der Waals surface area contributed by atoms with Crippen molar-refractivity contribution in [3.8, 4) is 0 Å². The molecule has 1 aromatic heterocycles. The smallest absolute Gasteiger partial charge is 0.256 e. The lowest BCUT2D eigenvalue weighted by molar-refractivity contribution is -0.805. The minimum atomic E-state index is -0.565. The van der Waals surface area contributed by atoms with Crippen molar-refractivity contribution in [2.75, 3.05) is 30.9 Å². The molecule has 0 radical (unpaired) electrons. The number of hydrogen-bond acceptors (Lipinski definition) is 5. The average Bonchev–Trinajstić information content (AvgIpc) is 3.02. The quantitative estimate of drug-likeness (QED) is 0.606. The van der Waals surface area contributed by atoms with E-state index in [1.165, 1.54) is 29.7 Å². The van der Waals surface area contributed by atoms with Crippen molar-refractivity contribution in [3.05, 3.63) is 18.0 Å². The molecule has 1 aliphatic heterocycles. The summed E-state index contributed by atoms with van der Waals surface area (Å²) in [5.74, 6) is 2.61. The molecular formula is C26H44N5O+. The number of anilines is 2. The molecule has 32 heavy (non-hydrogen) atoms. The average molecular weight is 443 g/mol. The van der Waals surface area contributed by atoms with E-state index in [-0.39, 0.29) is 5.41 Å². The molecule has 2 heterocycles. The van der Waals surface area contributed by atoms with Crippen LogP contribution in [0.15, 0.2) is 18.0 Å². The molecule has 5 atom stereocenters. The third kappa shape index (κ3) is 4.05. The minimum absolute atomic E-state index is 0.232. The number of fused-ring (bicyclic) bond motifs is 2. The Morgan fingerprint density at radius 1 is 1.25 bits per heavy atom. The van der Waals surface area contributed by atoms with Crippen molar-refractivity contribution in [1.29, 1.82) is 0 Å². The molecule has 3 aliphatic rings. The van der Waals surface area contributed by atoms with E-state index in [4.69, 9.17) is 5.73 Å². The number of quaternary nitrogens is 1. The van der Waals surface area contributed by atoms with Crippen LogP contribution >= 0.6 is 0 Å². The van der Waals surface area contributed by atoms with E-state index in [9.17, 15) is 5.11 Å². The maximum Gasteiger partial charge on any atom is 0.256 e. The van der Waals surface area contributed by atoms with Gasteiger partial charge in [0, 0.05) is 6.54 Å². The lowest BCUT2D eigenvalue weighted by Gasteiger charge is -2.61. The zero-order valence-electron chi connectivity index (χ0n) is 21.0. The van der Waals surface area contributed by atoms with Gasteiger partial charge >= 0.3 is 0 Å². The largest absolute Gasteiger partial charge is 0.390 e. The summed E-state index contributed by atoms with van der Waals surface area (Å²) in [6, 6.07) is 0. The molecule has 0 bridgehead atoms. The standard InChI is InChI=1S/C26H43N5O/c1-18(11-15-31-17-30(6)23-21(31)22(27)28-16-29-23)8-9-20-25(4)13-7-12-24(2,3)19(25)10-14-26(20,5)32/h11,16,19-20,32H,7-10,12-15,17H2,1-6H3,(H2,27,28,29)/p+1. The molecule has 0 saturated heterocycles. The van der Waals surface area contributed by atoms with Gasteiger partial charge in [0.15, 0.2) is 18.2 Å². The predicted molar refractivity (Wildman–Crippen MR) is 131 cm³/mol. The van der Waals surface area contributed by atoms with Crippen LogP contribution in [0.2, 0.25) is 0 Å². The highest BCUT2D eigenvalue weighted by Crippen LogP contribution is 2.63. The molecule has 1 aromatic rings. The predicted octanol–water partition coefficient (Wildman–Crippen LogP) is 3.70. The number of rotatable bonds is 5. The van der Waals surface area contributed by atoms with E-state index >= 15 is 0 Å². The number of nitrogens with two attached hydrogens (primary N) is 1. The summed E-state index contributed by atoms with van der Waals surface area (Å²) in [4.78, 5) is 12.2. The molecule has 6 nitrogen and oxygen atoms in total. The van der Waals surface area contributed by atoms with Crippen LogP contribution in [0.1, 0.15) is 79.6 Å². The monoisotopic (exact) mass is 442 g/mol. The summed E-state index contributed by atoms with van der Waals surface area (Å²) in [6.07, 6.45) is 11.9. The summed E-state index contributed by atoms with van der Waals surface area (Å²) in [5, 5.41) is 11.4. The fourth-order valence-electron chi connectivity index (χ4n) is 7.62. The molecule has 6 heteroatoms. The number of nitrogens with one attached hydrogen (secondary N) is 1. The highest BCUT2D eigenvalue weighted by atomic mass is 16.3. The molecular weight excluding hydrogens is 398 g/mol. The first-order valence-corrected chi connectivity index (χ1v) is 12.5. The normalized spacial score (nSPS) is 36.7. The fourth-order valence-corrected chi connectivity index (χ4v) is 7.62. The molecule has 4 rings (SSSR count). The van der Waals surface area contributed by atoms with Gasteiger partial charge in [-0.3, -0.25) is 4.90 Å². The molecule has 5 unspecified atom stereocenters. The number of allylic oxidation sites excluding steroid dienone is 1. The molecule has 178 valence electrons. The van der Waals surface area contributed by atoms with Gasteiger partial charge in [0.25, 0.3) is 5.82 Å². The van der Waals surface area contributed by atoms with Crippen LogP contribution in [0.4, 0.5) is 17.3 Å². The van der Waals surface area contributed by atoms with Crippen LogP contribution < -0.4 is 15.5 Å². The van der Waals surface area contributed by atoms with Gasteiger partial charge in [-0.05, 0) is 75.0 Å². The van der Waals surface area contributed by atoms with Crippen molar-refractivity contribution in [2.24, 2.45) is 22.7 Å². The maximum absolute atomic E-state index is 11.4. The van der Waals surface area contributed by atoms with Crippen molar-refractivity contribution in [1.82, 2.24) is 9.97 Å². The van der Waals surface area contributed by atoms with Crippen LogP contribution in [0.5, 0.6) is 0 Å². The van der Waals surface area contributed by atoms with E-state index in [0.29, 0.717) is 23.1 Å². The number of aliphatic hydroxyl groups is 1. The van der Waals surface area contributed by atoms with Crippen molar-refractivity contribution in [2.45, 2.75) is 85.2 Å². The van der Waals surface area contributed by atoms with Gasteiger partial charge in [-0.25, -0.2) is 4.98 Å². The van der Waals surface area contributed by atoms with Gasteiger partial charge in [0.05, 0.1) is 12.6 Å². The van der Waals surface area contributed by atoms with Crippen LogP contribution in [0.25, 0.3) is 0 Å². The van der Waals surface area contributed by atoms with Crippen LogP contribution in [0.3, 0.4) is 0 Å². The fraction of sp³-hybridized carbons (Fsp3) is 0.769. The summed E-state index contributed by atoms with van der Waals surface area (Å²) < 4.78 is 0. The first-order chi connectivity index (χ1) is 15.0. The maximum atomic E-state index is 11.4. The Morgan fingerprint density at radius 3 is 2.75 bits per heavy atom. The van der Waals surface area contributed by atoms with Crippen LogP contribution in [-0.4, -0.2) is 40.9 Å². The Kier molecular flexibility index (Phi) is 6.08. The van der Waals surface area contributed by atoms with Gasteiger partial charge in [-0.15, -0.1) is 0 Å².